The van der Waals surface area contributed by atoms with Crippen molar-refractivity contribution >= 4 is 38.3 Å². The summed E-state index contributed by atoms with van der Waals surface area (Å²) in [7, 11) is 0. The molecule has 0 bridgehead atoms. The van der Waals surface area contributed by atoms with Crippen LogP contribution in [-0.2, 0) is 0 Å². The van der Waals surface area contributed by atoms with E-state index in [2.05, 4.69) is 55.4 Å². The molecule has 0 aliphatic carbocycles. The zero-order chi connectivity index (χ0) is 12.9. The van der Waals surface area contributed by atoms with E-state index in [9.17, 15) is 0 Å². The standard InChI is InChI=1S/C12H28As2P2/c1-9(2)15(10(3)4)13-14-16(11(5)6)12(7)8/h9-12H,1-8H3. The van der Waals surface area contributed by atoms with Crippen molar-refractivity contribution in [3.8, 4) is 0 Å². The molecule has 16 heavy (non-hydrogen) atoms. The molecule has 4 heteroatoms. The molecule has 0 radical (unpaired) electrons. The quantitative estimate of drug-likeness (QED) is 0.459. The van der Waals surface area contributed by atoms with Crippen LogP contribution in [0, 0.1) is 0 Å². The van der Waals surface area contributed by atoms with Crippen LogP contribution in [-0.4, -0.2) is 48.0 Å². The molecule has 0 unspecified atom stereocenters. The molecular formula is C12H28As2P2. The summed E-state index contributed by atoms with van der Waals surface area (Å²) in [6.07, 6.45) is 0. The second kappa shape index (κ2) is 8.97. The van der Waals surface area contributed by atoms with Crippen molar-refractivity contribution in [2.24, 2.45) is 0 Å². The van der Waals surface area contributed by atoms with Crippen molar-refractivity contribution in [2.75, 3.05) is 0 Å². The van der Waals surface area contributed by atoms with Gasteiger partial charge in [-0.2, -0.15) is 0 Å². The summed E-state index contributed by atoms with van der Waals surface area (Å²) in [6.45, 7) is 20.4. The van der Waals surface area contributed by atoms with Crippen LogP contribution in [0.1, 0.15) is 55.4 Å². The molecule has 0 aromatic heterocycles. The van der Waals surface area contributed by atoms with Gasteiger partial charge in [-0.15, -0.1) is 0 Å². The second-order valence-electron chi connectivity index (χ2n) is 5.31. The predicted molar refractivity (Wildman–Crippen MR) is 85.9 cm³/mol. The van der Waals surface area contributed by atoms with Gasteiger partial charge in [-0.25, -0.2) is 0 Å². The number of hydrogen-bond donors (Lipinski definition) is 0. The maximum atomic E-state index is 2.45. The van der Waals surface area contributed by atoms with Crippen LogP contribution in [0.15, 0.2) is 0 Å². The molecule has 0 N–H and O–H groups in total. The Labute approximate surface area is 116 Å². The zero-order valence-electron chi connectivity index (χ0n) is 12.1. The average molecular weight is 384 g/mol. The minimum atomic E-state index is 0.391. The van der Waals surface area contributed by atoms with Gasteiger partial charge in [0.2, 0.25) is 0 Å². The summed E-state index contributed by atoms with van der Waals surface area (Å²) < 4.78 is 0. The van der Waals surface area contributed by atoms with Crippen molar-refractivity contribution in [3.63, 3.8) is 0 Å². The Hall–Kier alpha value is 1.98. The monoisotopic (exact) mass is 384 g/mol. The molecule has 0 spiro atoms. The first-order valence-corrected chi connectivity index (χ1v) is 19.4. The van der Waals surface area contributed by atoms with E-state index in [1.54, 1.807) is 0 Å². The van der Waals surface area contributed by atoms with Crippen LogP contribution in [0.25, 0.3) is 0 Å². The third-order valence-electron chi connectivity index (χ3n) is 2.36. The fourth-order valence-electron chi connectivity index (χ4n) is 1.70. The van der Waals surface area contributed by atoms with Crippen LogP contribution in [0.2, 0.25) is 0 Å². The first-order valence-electron chi connectivity index (χ1n) is 6.25. The average Bonchev–Trinajstić information content (AvgIpc) is 2.09. The summed E-state index contributed by atoms with van der Waals surface area (Å²) in [6, 6.07) is 0. The van der Waals surface area contributed by atoms with E-state index in [0.29, 0.717) is 38.3 Å². The summed E-state index contributed by atoms with van der Waals surface area (Å²) in [5.74, 6) is 0. The van der Waals surface area contributed by atoms with Gasteiger partial charge < -0.3 is 0 Å². The van der Waals surface area contributed by atoms with E-state index in [-0.39, 0.29) is 0 Å². The number of hydrogen-bond acceptors (Lipinski definition) is 0. The molecule has 0 aliphatic heterocycles. The van der Waals surface area contributed by atoms with Crippen molar-refractivity contribution in [3.05, 3.63) is 0 Å². The second-order valence-corrected chi connectivity index (χ2v) is 31.1. The zero-order valence-corrected chi connectivity index (χ0v) is 17.6. The van der Waals surface area contributed by atoms with Crippen LogP contribution in [0.5, 0.6) is 0 Å². The minimum absolute atomic E-state index is 0.391. The van der Waals surface area contributed by atoms with Gasteiger partial charge in [-0.1, -0.05) is 0 Å². The molecule has 0 aromatic carbocycles. The van der Waals surface area contributed by atoms with E-state index >= 15 is 0 Å². The number of rotatable bonds is 6. The van der Waals surface area contributed by atoms with Gasteiger partial charge in [0.15, 0.2) is 0 Å². The topological polar surface area (TPSA) is 0 Å². The first-order chi connectivity index (χ1) is 7.27. The normalized spacial score (nSPS) is 13.6. The van der Waals surface area contributed by atoms with Crippen molar-refractivity contribution in [2.45, 2.75) is 78.0 Å². The Morgan fingerprint density at radius 2 is 0.688 bits per heavy atom. The van der Waals surface area contributed by atoms with E-state index < -0.39 is 0 Å². The Kier molecular flexibility index (Phi) is 10.1. The molecule has 0 atom stereocenters. The molecule has 0 amide bonds. The molecule has 0 aliphatic rings. The van der Waals surface area contributed by atoms with Gasteiger partial charge in [0.1, 0.15) is 0 Å². The SMILES string of the molecule is CC(C)P([As]=[As]P(C(C)C)C(C)C)C(C)C. The Bertz CT molecular complexity index is 175. The molecular weight excluding hydrogens is 356 g/mol. The fraction of sp³-hybridized carbons (Fsp3) is 1.00. The van der Waals surface area contributed by atoms with Crippen molar-refractivity contribution in [1.29, 1.82) is 0 Å². The maximum absolute atomic E-state index is 2.45. The van der Waals surface area contributed by atoms with Gasteiger partial charge in [0.25, 0.3) is 0 Å². The molecule has 0 heterocycles. The molecule has 0 saturated heterocycles. The van der Waals surface area contributed by atoms with Crippen molar-refractivity contribution in [1.82, 2.24) is 0 Å². The Morgan fingerprint density at radius 1 is 0.500 bits per heavy atom. The third-order valence-corrected chi connectivity index (χ3v) is 44.4. The Morgan fingerprint density at radius 3 is 0.812 bits per heavy atom. The first kappa shape index (κ1) is 18.0. The van der Waals surface area contributed by atoms with E-state index in [1.165, 1.54) is 0 Å². The molecule has 0 saturated carbocycles. The van der Waals surface area contributed by atoms with Crippen LogP contribution in [0.4, 0.5) is 0 Å². The van der Waals surface area contributed by atoms with E-state index in [4.69, 9.17) is 0 Å². The van der Waals surface area contributed by atoms with Gasteiger partial charge in [0, 0.05) is 0 Å². The molecule has 0 rings (SSSR count). The molecule has 0 fully saturated rings. The van der Waals surface area contributed by atoms with E-state index in [1.807, 2.05) is 0 Å². The van der Waals surface area contributed by atoms with Crippen LogP contribution >= 0.6 is 13.0 Å². The van der Waals surface area contributed by atoms with E-state index in [0.717, 1.165) is 22.6 Å². The van der Waals surface area contributed by atoms with Gasteiger partial charge in [-0.3, -0.25) is 0 Å². The van der Waals surface area contributed by atoms with Gasteiger partial charge >= 0.3 is 116 Å². The summed E-state index contributed by atoms with van der Waals surface area (Å²) >= 11 is 1.42. The summed E-state index contributed by atoms with van der Waals surface area (Å²) in [5, 5.41) is 0. The summed E-state index contributed by atoms with van der Waals surface area (Å²) in [5.41, 5.74) is 3.89. The van der Waals surface area contributed by atoms with Gasteiger partial charge in [0.05, 0.1) is 0 Å². The molecule has 0 nitrogen and oxygen atoms in total. The predicted octanol–water partition coefficient (Wildman–Crippen LogP) is 4.74. The molecule has 0 aromatic rings. The van der Waals surface area contributed by atoms with Gasteiger partial charge in [-0.05, 0) is 0 Å². The summed E-state index contributed by atoms with van der Waals surface area (Å²) in [4.78, 5) is 0. The third kappa shape index (κ3) is 6.79. The Balaban J connectivity index is 4.63. The van der Waals surface area contributed by atoms with Crippen molar-refractivity contribution < 1.29 is 0 Å². The van der Waals surface area contributed by atoms with Crippen LogP contribution in [0.3, 0.4) is 0 Å². The fourth-order valence-corrected chi connectivity index (χ4v) is 59.5. The van der Waals surface area contributed by atoms with Crippen LogP contribution < -0.4 is 0 Å². The molecule has 96 valence electrons.